The number of hydrogen-bond donors (Lipinski definition) is 2. The van der Waals surface area contributed by atoms with Crippen LogP contribution < -0.4 is 20.1 Å². The van der Waals surface area contributed by atoms with Gasteiger partial charge >= 0.3 is 6.03 Å². The lowest BCUT2D eigenvalue weighted by Gasteiger charge is -2.10. The first kappa shape index (κ1) is 21.6. The van der Waals surface area contributed by atoms with E-state index in [-0.39, 0.29) is 12.5 Å². The number of carbonyl (C=O) groups excluding carboxylic acids is 2. The maximum absolute atomic E-state index is 12.4. The first-order valence-corrected chi connectivity index (χ1v) is 11.3. The fourth-order valence-corrected chi connectivity index (χ4v) is 4.15. The van der Waals surface area contributed by atoms with Crippen LogP contribution in [0.4, 0.5) is 10.5 Å². The molecule has 0 saturated carbocycles. The molecule has 4 aromatic rings. The number of carbonyl (C=O) groups is 2. The summed E-state index contributed by atoms with van der Waals surface area (Å²) in [4.78, 5) is 24.7. The van der Waals surface area contributed by atoms with Crippen LogP contribution in [-0.2, 0) is 4.79 Å². The van der Waals surface area contributed by atoms with Gasteiger partial charge in [0, 0.05) is 17.4 Å². The Morgan fingerprint density at radius 3 is 2.68 bits per heavy atom. The Balaban J connectivity index is 1.26. The third-order valence-corrected chi connectivity index (χ3v) is 5.89. The standard InChI is InChI=1S/C23H19N5O5S/c1-14-17(9-10-31-14)21-26-27-23(28(21)16-5-3-2-4-6-16)34-12-20(29)25-22(30)24-15-7-8-18-19(11-15)33-13-32-18/h2-11H,12-13H2,1H3,(H2,24,25,29,30). The number of ether oxygens (including phenoxy) is 2. The van der Waals surface area contributed by atoms with Gasteiger partial charge in [-0.15, -0.1) is 10.2 Å². The van der Waals surface area contributed by atoms with Crippen molar-refractivity contribution in [2.75, 3.05) is 17.9 Å². The monoisotopic (exact) mass is 477 g/mol. The smallest absolute Gasteiger partial charge is 0.325 e. The molecule has 0 spiro atoms. The average molecular weight is 478 g/mol. The quantitative estimate of drug-likeness (QED) is 0.400. The van der Waals surface area contributed by atoms with Gasteiger partial charge in [0.25, 0.3) is 0 Å². The second-order valence-corrected chi connectivity index (χ2v) is 8.17. The van der Waals surface area contributed by atoms with Crippen molar-refractivity contribution in [2.24, 2.45) is 0 Å². The molecule has 1 aliphatic rings. The molecule has 1 aliphatic heterocycles. The van der Waals surface area contributed by atoms with Gasteiger partial charge in [-0.05, 0) is 37.3 Å². The van der Waals surface area contributed by atoms with Gasteiger partial charge in [-0.25, -0.2) is 4.79 Å². The molecule has 0 atom stereocenters. The van der Waals surface area contributed by atoms with Crippen molar-refractivity contribution < 1.29 is 23.5 Å². The van der Waals surface area contributed by atoms with Crippen LogP contribution in [0.25, 0.3) is 17.1 Å². The van der Waals surface area contributed by atoms with Crippen molar-refractivity contribution in [3.8, 4) is 28.6 Å². The summed E-state index contributed by atoms with van der Waals surface area (Å²) >= 11 is 1.17. The molecule has 0 aliphatic carbocycles. The minimum absolute atomic E-state index is 0.0378. The molecule has 11 heteroatoms. The number of furan rings is 1. The molecule has 2 aromatic heterocycles. The largest absolute Gasteiger partial charge is 0.469 e. The molecule has 3 heterocycles. The van der Waals surface area contributed by atoms with E-state index in [1.807, 2.05) is 47.9 Å². The molecule has 0 bridgehead atoms. The predicted molar refractivity (Wildman–Crippen MR) is 124 cm³/mol. The molecule has 0 radical (unpaired) electrons. The van der Waals surface area contributed by atoms with Gasteiger partial charge in [0.2, 0.25) is 12.7 Å². The van der Waals surface area contributed by atoms with Crippen molar-refractivity contribution in [3.05, 3.63) is 66.6 Å². The van der Waals surface area contributed by atoms with Crippen molar-refractivity contribution >= 4 is 29.4 Å². The van der Waals surface area contributed by atoms with Crippen LogP contribution >= 0.6 is 11.8 Å². The van der Waals surface area contributed by atoms with Crippen molar-refractivity contribution in [1.82, 2.24) is 20.1 Å². The van der Waals surface area contributed by atoms with Gasteiger partial charge in [0.1, 0.15) is 5.76 Å². The molecular weight excluding hydrogens is 458 g/mol. The predicted octanol–water partition coefficient (Wildman–Crippen LogP) is 4.00. The summed E-state index contributed by atoms with van der Waals surface area (Å²) < 4.78 is 17.8. The SMILES string of the molecule is Cc1occc1-c1nnc(SCC(=O)NC(=O)Nc2ccc3c(c2)OCO3)n1-c1ccccc1. The number of para-hydroxylation sites is 1. The van der Waals surface area contributed by atoms with Crippen LogP contribution in [0.5, 0.6) is 11.5 Å². The molecule has 3 amide bonds. The van der Waals surface area contributed by atoms with E-state index in [9.17, 15) is 9.59 Å². The van der Waals surface area contributed by atoms with Gasteiger partial charge in [-0.3, -0.25) is 14.7 Å². The average Bonchev–Trinajstić information content (AvgIpc) is 3.57. The molecular formula is C23H19N5O5S. The first-order chi connectivity index (χ1) is 16.6. The molecule has 2 aromatic carbocycles. The number of benzene rings is 2. The zero-order valence-corrected chi connectivity index (χ0v) is 18.8. The number of thioether (sulfide) groups is 1. The molecule has 2 N–H and O–H groups in total. The molecule has 10 nitrogen and oxygen atoms in total. The summed E-state index contributed by atoms with van der Waals surface area (Å²) in [6.07, 6.45) is 1.59. The van der Waals surface area contributed by atoms with Gasteiger partial charge in [0.15, 0.2) is 22.5 Å². The summed E-state index contributed by atoms with van der Waals surface area (Å²) in [5.74, 6) is 1.92. The topological polar surface area (TPSA) is 121 Å². The molecule has 0 saturated heterocycles. The van der Waals surface area contributed by atoms with Crippen LogP contribution in [-0.4, -0.2) is 39.2 Å². The highest BCUT2D eigenvalue weighted by Gasteiger charge is 2.20. The summed E-state index contributed by atoms with van der Waals surface area (Å²) in [5.41, 5.74) is 2.12. The lowest BCUT2D eigenvalue weighted by molar-refractivity contribution is -0.117. The fourth-order valence-electron chi connectivity index (χ4n) is 3.39. The number of fused-ring (bicyclic) bond motifs is 1. The van der Waals surface area contributed by atoms with E-state index in [0.717, 1.165) is 11.3 Å². The van der Waals surface area contributed by atoms with Gasteiger partial charge in [0.05, 0.1) is 17.6 Å². The Bertz CT molecular complexity index is 1350. The number of rotatable bonds is 6. The maximum Gasteiger partial charge on any atom is 0.325 e. The maximum atomic E-state index is 12.4. The van der Waals surface area contributed by atoms with Crippen molar-refractivity contribution in [2.45, 2.75) is 12.1 Å². The van der Waals surface area contributed by atoms with Crippen LogP contribution in [0.1, 0.15) is 5.76 Å². The zero-order chi connectivity index (χ0) is 23.5. The number of nitrogens with one attached hydrogen (secondary N) is 2. The van der Waals surface area contributed by atoms with Crippen molar-refractivity contribution in [3.63, 3.8) is 0 Å². The summed E-state index contributed by atoms with van der Waals surface area (Å²) in [7, 11) is 0. The van der Waals surface area contributed by atoms with E-state index in [2.05, 4.69) is 20.8 Å². The molecule has 34 heavy (non-hydrogen) atoms. The summed E-state index contributed by atoms with van der Waals surface area (Å²) in [6.45, 7) is 1.98. The normalized spacial score (nSPS) is 11.9. The number of aryl methyl sites for hydroxylation is 1. The Morgan fingerprint density at radius 1 is 1.06 bits per heavy atom. The van der Waals surface area contributed by atoms with E-state index < -0.39 is 11.9 Å². The highest BCUT2D eigenvalue weighted by atomic mass is 32.2. The number of anilines is 1. The van der Waals surface area contributed by atoms with Gasteiger partial charge in [-0.2, -0.15) is 0 Å². The Labute approximate surface area is 198 Å². The minimum Gasteiger partial charge on any atom is -0.469 e. The summed E-state index contributed by atoms with van der Waals surface area (Å²) in [5, 5.41) is 14.0. The molecule has 172 valence electrons. The van der Waals surface area contributed by atoms with E-state index in [1.54, 1.807) is 24.5 Å². The lowest BCUT2D eigenvalue weighted by atomic mass is 10.2. The Hall–Kier alpha value is -4.25. The van der Waals surface area contributed by atoms with E-state index in [4.69, 9.17) is 13.9 Å². The number of nitrogens with zero attached hydrogens (tertiary/aromatic N) is 3. The molecule has 0 fully saturated rings. The van der Waals surface area contributed by atoms with Crippen molar-refractivity contribution in [1.29, 1.82) is 0 Å². The molecule has 5 rings (SSSR count). The van der Waals surface area contributed by atoms with Crippen LogP contribution in [0.15, 0.2) is 70.4 Å². The number of amides is 3. The highest BCUT2D eigenvalue weighted by molar-refractivity contribution is 7.99. The number of urea groups is 1. The van der Waals surface area contributed by atoms with E-state index in [1.165, 1.54) is 11.8 Å². The Kier molecular flexibility index (Phi) is 5.91. The van der Waals surface area contributed by atoms with E-state index in [0.29, 0.717) is 33.9 Å². The lowest BCUT2D eigenvalue weighted by Crippen LogP contribution is -2.35. The second-order valence-electron chi connectivity index (χ2n) is 7.23. The second kappa shape index (κ2) is 9.32. The molecule has 0 unspecified atom stereocenters. The third kappa shape index (κ3) is 4.46. The van der Waals surface area contributed by atoms with Gasteiger partial charge in [-0.1, -0.05) is 30.0 Å². The highest BCUT2D eigenvalue weighted by Crippen LogP contribution is 2.34. The van der Waals surface area contributed by atoms with E-state index >= 15 is 0 Å². The summed E-state index contributed by atoms with van der Waals surface area (Å²) in [6, 6.07) is 15.7. The minimum atomic E-state index is -0.649. The number of aromatic nitrogens is 3. The van der Waals surface area contributed by atoms with Gasteiger partial charge < -0.3 is 19.2 Å². The number of imide groups is 1. The van der Waals surface area contributed by atoms with Crippen LogP contribution in [0.3, 0.4) is 0 Å². The number of hydrogen-bond acceptors (Lipinski definition) is 8. The Morgan fingerprint density at radius 2 is 1.88 bits per heavy atom. The first-order valence-electron chi connectivity index (χ1n) is 10.3. The van der Waals surface area contributed by atoms with Crippen LogP contribution in [0.2, 0.25) is 0 Å². The third-order valence-electron chi connectivity index (χ3n) is 4.96. The fraction of sp³-hybridized carbons (Fsp3) is 0.130. The zero-order valence-electron chi connectivity index (χ0n) is 18.0. The van der Waals surface area contributed by atoms with Crippen LogP contribution in [0, 0.1) is 6.92 Å².